The largest absolute Gasteiger partial charge is 0.339 e. The number of hydrogen-bond donors (Lipinski definition) is 0. The average molecular weight is 300 g/mol. The van der Waals surface area contributed by atoms with Crippen LogP contribution in [-0.4, -0.2) is 23.9 Å². The van der Waals surface area contributed by atoms with Crippen LogP contribution in [0.2, 0.25) is 0 Å². The Labute approximate surface area is 109 Å². The molecule has 0 aromatic heterocycles. The van der Waals surface area contributed by atoms with Gasteiger partial charge < -0.3 is 4.90 Å². The van der Waals surface area contributed by atoms with Gasteiger partial charge in [-0.3, -0.25) is 4.79 Å². The highest BCUT2D eigenvalue weighted by atomic mass is 79.9. The summed E-state index contributed by atoms with van der Waals surface area (Å²) in [4.78, 5) is 13.9. The second kappa shape index (κ2) is 5.17. The monoisotopic (exact) mass is 299 g/mol. The zero-order valence-corrected chi connectivity index (χ0v) is 11.3. The number of nitrogens with zero attached hydrogens (tertiary/aromatic N) is 1. The molecule has 1 aliphatic carbocycles. The summed E-state index contributed by atoms with van der Waals surface area (Å²) >= 11 is 3.18. The molecule has 1 saturated carbocycles. The van der Waals surface area contributed by atoms with Gasteiger partial charge in [-0.05, 0) is 43.9 Å². The molecule has 2 rings (SSSR count). The van der Waals surface area contributed by atoms with E-state index in [4.69, 9.17) is 0 Å². The van der Waals surface area contributed by atoms with Gasteiger partial charge in [0.05, 0.1) is 5.56 Å². The Hall–Kier alpha value is -0.900. The molecule has 17 heavy (non-hydrogen) atoms. The van der Waals surface area contributed by atoms with Gasteiger partial charge >= 0.3 is 0 Å². The predicted molar refractivity (Wildman–Crippen MR) is 68.4 cm³/mol. The lowest BCUT2D eigenvalue weighted by Crippen LogP contribution is -2.33. The number of halogens is 2. The van der Waals surface area contributed by atoms with E-state index in [1.54, 1.807) is 11.0 Å². The molecule has 92 valence electrons. The van der Waals surface area contributed by atoms with Crippen LogP contribution in [-0.2, 0) is 0 Å². The molecule has 0 aliphatic heterocycles. The van der Waals surface area contributed by atoms with Crippen LogP contribution in [0.3, 0.4) is 0 Å². The Morgan fingerprint density at radius 2 is 2.24 bits per heavy atom. The zero-order chi connectivity index (χ0) is 12.4. The van der Waals surface area contributed by atoms with Crippen molar-refractivity contribution < 1.29 is 9.18 Å². The number of rotatable bonds is 4. The predicted octanol–water partition coefficient (Wildman–Crippen LogP) is 3.46. The van der Waals surface area contributed by atoms with Crippen LogP contribution >= 0.6 is 15.9 Å². The van der Waals surface area contributed by atoms with Crippen LogP contribution in [0, 0.1) is 11.7 Å². The minimum atomic E-state index is -0.460. The van der Waals surface area contributed by atoms with Crippen LogP contribution in [0.5, 0.6) is 0 Å². The van der Waals surface area contributed by atoms with Crippen molar-refractivity contribution >= 4 is 21.8 Å². The third-order valence-electron chi connectivity index (χ3n) is 3.01. The lowest BCUT2D eigenvalue weighted by atomic mass is 10.2. The highest BCUT2D eigenvalue weighted by Crippen LogP contribution is 2.30. The van der Waals surface area contributed by atoms with E-state index in [1.165, 1.54) is 25.0 Å². The maximum absolute atomic E-state index is 13.7. The molecule has 1 aliphatic rings. The smallest absolute Gasteiger partial charge is 0.256 e. The number of hydrogen-bond acceptors (Lipinski definition) is 1. The standard InChI is InChI=1S/C13H15BrFNO/c1-2-16(8-9-3-4-9)13(17)11-6-5-10(14)7-12(11)15/h5-7,9H,2-4,8H2,1H3. The number of carbonyl (C=O) groups excluding carboxylic acids is 1. The van der Waals surface area contributed by atoms with Crippen molar-refractivity contribution in [2.45, 2.75) is 19.8 Å². The molecule has 0 saturated heterocycles. The molecule has 0 spiro atoms. The molecular weight excluding hydrogens is 285 g/mol. The number of amides is 1. The SMILES string of the molecule is CCN(CC1CC1)C(=O)c1ccc(Br)cc1F. The minimum Gasteiger partial charge on any atom is -0.339 e. The van der Waals surface area contributed by atoms with Gasteiger partial charge in [0, 0.05) is 17.6 Å². The normalized spacial score (nSPS) is 14.8. The van der Waals surface area contributed by atoms with E-state index in [1.807, 2.05) is 6.92 Å². The van der Waals surface area contributed by atoms with E-state index in [0.29, 0.717) is 16.9 Å². The number of carbonyl (C=O) groups is 1. The maximum Gasteiger partial charge on any atom is 0.256 e. The molecule has 0 atom stereocenters. The summed E-state index contributed by atoms with van der Waals surface area (Å²) in [6.45, 7) is 3.31. The molecule has 0 unspecified atom stereocenters. The number of benzene rings is 1. The first-order chi connectivity index (χ1) is 8.11. The van der Waals surface area contributed by atoms with Crippen molar-refractivity contribution in [3.05, 3.63) is 34.1 Å². The first kappa shape index (κ1) is 12.6. The quantitative estimate of drug-likeness (QED) is 0.834. The second-order valence-corrected chi connectivity index (χ2v) is 5.33. The van der Waals surface area contributed by atoms with Gasteiger partial charge in [-0.2, -0.15) is 0 Å². The second-order valence-electron chi connectivity index (χ2n) is 4.41. The summed E-state index contributed by atoms with van der Waals surface area (Å²) in [5.41, 5.74) is 0.163. The van der Waals surface area contributed by atoms with E-state index in [-0.39, 0.29) is 11.5 Å². The Morgan fingerprint density at radius 1 is 1.53 bits per heavy atom. The maximum atomic E-state index is 13.7. The fourth-order valence-electron chi connectivity index (χ4n) is 1.80. The van der Waals surface area contributed by atoms with Crippen LogP contribution in [0.25, 0.3) is 0 Å². The Bertz CT molecular complexity index is 431. The van der Waals surface area contributed by atoms with E-state index >= 15 is 0 Å². The summed E-state index contributed by atoms with van der Waals surface area (Å²) in [5, 5.41) is 0. The van der Waals surface area contributed by atoms with Crippen molar-refractivity contribution in [3.8, 4) is 0 Å². The third-order valence-corrected chi connectivity index (χ3v) is 3.50. The highest BCUT2D eigenvalue weighted by Gasteiger charge is 2.27. The van der Waals surface area contributed by atoms with Gasteiger partial charge in [0.2, 0.25) is 0 Å². The molecule has 0 bridgehead atoms. The highest BCUT2D eigenvalue weighted by molar-refractivity contribution is 9.10. The summed E-state index contributed by atoms with van der Waals surface area (Å²) in [6, 6.07) is 4.57. The summed E-state index contributed by atoms with van der Waals surface area (Å²) in [5.74, 6) is -0.0413. The fourth-order valence-corrected chi connectivity index (χ4v) is 2.13. The molecule has 1 aromatic carbocycles. The van der Waals surface area contributed by atoms with Crippen LogP contribution in [0.1, 0.15) is 30.1 Å². The molecule has 0 heterocycles. The Morgan fingerprint density at radius 3 is 2.76 bits per heavy atom. The topological polar surface area (TPSA) is 20.3 Å². The first-order valence-corrected chi connectivity index (χ1v) is 6.65. The van der Waals surface area contributed by atoms with Crippen LogP contribution in [0.4, 0.5) is 4.39 Å². The van der Waals surface area contributed by atoms with Crippen molar-refractivity contribution in [1.29, 1.82) is 0 Å². The first-order valence-electron chi connectivity index (χ1n) is 5.86. The lowest BCUT2D eigenvalue weighted by molar-refractivity contribution is 0.0752. The zero-order valence-electron chi connectivity index (χ0n) is 9.75. The third kappa shape index (κ3) is 3.06. The molecular formula is C13H15BrFNO. The Kier molecular flexibility index (Phi) is 3.82. The van der Waals surface area contributed by atoms with Gasteiger partial charge in [-0.25, -0.2) is 4.39 Å². The van der Waals surface area contributed by atoms with Gasteiger partial charge in [-0.15, -0.1) is 0 Å². The summed E-state index contributed by atoms with van der Waals surface area (Å²) in [6.07, 6.45) is 2.37. The van der Waals surface area contributed by atoms with E-state index in [0.717, 1.165) is 6.54 Å². The molecule has 4 heteroatoms. The lowest BCUT2D eigenvalue weighted by Gasteiger charge is -2.21. The van der Waals surface area contributed by atoms with Crippen LogP contribution in [0.15, 0.2) is 22.7 Å². The van der Waals surface area contributed by atoms with Gasteiger partial charge in [0.25, 0.3) is 5.91 Å². The van der Waals surface area contributed by atoms with Crippen molar-refractivity contribution in [1.82, 2.24) is 4.90 Å². The summed E-state index contributed by atoms with van der Waals surface area (Å²) < 4.78 is 14.3. The molecule has 0 radical (unpaired) electrons. The van der Waals surface area contributed by atoms with Gasteiger partial charge in [-0.1, -0.05) is 15.9 Å². The molecule has 2 nitrogen and oxygen atoms in total. The van der Waals surface area contributed by atoms with Crippen molar-refractivity contribution in [3.63, 3.8) is 0 Å². The Balaban J connectivity index is 2.15. The molecule has 1 amide bonds. The van der Waals surface area contributed by atoms with Crippen LogP contribution < -0.4 is 0 Å². The van der Waals surface area contributed by atoms with Gasteiger partial charge in [0.15, 0.2) is 0 Å². The van der Waals surface area contributed by atoms with E-state index in [2.05, 4.69) is 15.9 Å². The molecule has 1 fully saturated rings. The van der Waals surface area contributed by atoms with E-state index < -0.39 is 5.82 Å². The van der Waals surface area contributed by atoms with Gasteiger partial charge in [0.1, 0.15) is 5.82 Å². The summed E-state index contributed by atoms with van der Waals surface area (Å²) in [7, 11) is 0. The molecule has 0 N–H and O–H groups in total. The minimum absolute atomic E-state index is 0.163. The average Bonchev–Trinajstić information content (AvgIpc) is 3.09. The molecule has 1 aromatic rings. The van der Waals surface area contributed by atoms with Crippen molar-refractivity contribution in [2.24, 2.45) is 5.92 Å². The van der Waals surface area contributed by atoms with E-state index in [9.17, 15) is 9.18 Å². The fraction of sp³-hybridized carbons (Fsp3) is 0.462. The van der Waals surface area contributed by atoms with Crippen molar-refractivity contribution in [2.75, 3.05) is 13.1 Å².